The van der Waals surface area contributed by atoms with Gasteiger partial charge in [0.1, 0.15) is 11.6 Å². The molecule has 2 aliphatic heterocycles. The van der Waals surface area contributed by atoms with Crippen LogP contribution in [0.3, 0.4) is 0 Å². The highest BCUT2D eigenvalue weighted by atomic mass is 32.2. The minimum atomic E-state index is -1.20. The van der Waals surface area contributed by atoms with Crippen LogP contribution >= 0.6 is 11.8 Å². The number of urea groups is 1. The van der Waals surface area contributed by atoms with Crippen LogP contribution in [0.1, 0.15) is 16.7 Å². The molecule has 1 spiro atoms. The average Bonchev–Trinajstić information content (AvgIpc) is 3.39. The van der Waals surface area contributed by atoms with E-state index < -0.39 is 4.87 Å². The number of rotatable bonds is 4. The predicted molar refractivity (Wildman–Crippen MR) is 132 cm³/mol. The lowest BCUT2D eigenvalue weighted by atomic mass is 10.1. The first-order valence-corrected chi connectivity index (χ1v) is 11.9. The summed E-state index contributed by atoms with van der Waals surface area (Å²) in [5, 5.41) is 2.94. The van der Waals surface area contributed by atoms with Gasteiger partial charge in [0.2, 0.25) is 0 Å². The van der Waals surface area contributed by atoms with Crippen molar-refractivity contribution in [2.75, 3.05) is 29.6 Å². The molecule has 3 aromatic rings. The highest BCUT2D eigenvalue weighted by Crippen LogP contribution is 2.55. The van der Waals surface area contributed by atoms with Gasteiger partial charge in [0.25, 0.3) is 5.91 Å². The second kappa shape index (κ2) is 8.68. The molecular weight excluding hydrogens is 453 g/mol. The fourth-order valence-electron chi connectivity index (χ4n) is 4.48. The van der Waals surface area contributed by atoms with Crippen LogP contribution in [0.5, 0.6) is 5.75 Å². The quantitative estimate of drug-likeness (QED) is 0.566. The minimum absolute atomic E-state index is 0.193. The van der Waals surface area contributed by atoms with E-state index in [1.807, 2.05) is 43.3 Å². The summed E-state index contributed by atoms with van der Waals surface area (Å²) in [6.45, 7) is 2.68. The molecule has 2 heterocycles. The van der Waals surface area contributed by atoms with Gasteiger partial charge in [0.15, 0.2) is 4.87 Å². The molecule has 6 nitrogen and oxygen atoms in total. The summed E-state index contributed by atoms with van der Waals surface area (Å²) in [5.41, 5.74) is 4.00. The number of hydrogen-bond donors (Lipinski definition) is 1. The second-order valence-corrected chi connectivity index (χ2v) is 9.63. The third-order valence-electron chi connectivity index (χ3n) is 6.20. The van der Waals surface area contributed by atoms with Crippen molar-refractivity contribution in [3.63, 3.8) is 0 Å². The van der Waals surface area contributed by atoms with Gasteiger partial charge >= 0.3 is 6.03 Å². The van der Waals surface area contributed by atoms with E-state index >= 15 is 0 Å². The summed E-state index contributed by atoms with van der Waals surface area (Å²) in [6.07, 6.45) is 0. The number of anilines is 2. The first kappa shape index (κ1) is 22.3. The van der Waals surface area contributed by atoms with Crippen LogP contribution in [0.25, 0.3) is 0 Å². The Bertz CT molecular complexity index is 1250. The van der Waals surface area contributed by atoms with Gasteiger partial charge in [-0.3, -0.25) is 9.69 Å². The Balaban J connectivity index is 1.53. The summed E-state index contributed by atoms with van der Waals surface area (Å²) < 4.78 is 18.9. The van der Waals surface area contributed by atoms with Crippen LogP contribution in [-0.2, 0) is 16.2 Å². The normalized spacial score (nSPS) is 19.0. The molecule has 2 aliphatic rings. The number of hydrogen-bond acceptors (Lipinski definition) is 4. The summed E-state index contributed by atoms with van der Waals surface area (Å²) >= 11 is 1.45. The van der Waals surface area contributed by atoms with Gasteiger partial charge in [0.05, 0.1) is 19.3 Å². The number of aryl methyl sites for hydroxylation is 1. The van der Waals surface area contributed by atoms with Crippen LogP contribution in [0.15, 0.2) is 66.7 Å². The zero-order chi connectivity index (χ0) is 23.9. The zero-order valence-corrected chi connectivity index (χ0v) is 19.7. The highest BCUT2D eigenvalue weighted by molar-refractivity contribution is 8.01. The number of ether oxygens (including phenoxy) is 1. The van der Waals surface area contributed by atoms with E-state index in [2.05, 4.69) is 5.32 Å². The summed E-state index contributed by atoms with van der Waals surface area (Å²) in [6, 6.07) is 18.8. The molecule has 8 heteroatoms. The minimum Gasteiger partial charge on any atom is -0.497 e. The van der Waals surface area contributed by atoms with Crippen molar-refractivity contribution in [2.24, 2.45) is 0 Å². The van der Waals surface area contributed by atoms with E-state index in [9.17, 15) is 14.0 Å². The number of halogens is 1. The Morgan fingerprint density at radius 3 is 2.56 bits per heavy atom. The van der Waals surface area contributed by atoms with E-state index in [4.69, 9.17) is 4.74 Å². The topological polar surface area (TPSA) is 61.9 Å². The van der Waals surface area contributed by atoms with Crippen LogP contribution in [0, 0.1) is 12.7 Å². The van der Waals surface area contributed by atoms with Gasteiger partial charge in [-0.05, 0) is 55.0 Å². The van der Waals surface area contributed by atoms with Crippen molar-refractivity contribution >= 4 is 35.1 Å². The number of carbonyl (C=O) groups is 2. The van der Waals surface area contributed by atoms with Crippen LogP contribution in [0.2, 0.25) is 0 Å². The largest absolute Gasteiger partial charge is 0.497 e. The van der Waals surface area contributed by atoms with Gasteiger partial charge in [0, 0.05) is 23.5 Å². The maximum Gasteiger partial charge on any atom is 0.323 e. The molecule has 34 heavy (non-hydrogen) atoms. The van der Waals surface area contributed by atoms with Crippen molar-refractivity contribution in [1.29, 1.82) is 0 Å². The van der Waals surface area contributed by atoms with Crippen molar-refractivity contribution in [3.05, 3.63) is 89.2 Å². The molecule has 5 rings (SSSR count). The number of nitrogens with zero attached hydrogens (tertiary/aromatic N) is 2. The molecule has 0 aliphatic carbocycles. The Kier molecular flexibility index (Phi) is 5.69. The van der Waals surface area contributed by atoms with Crippen LogP contribution in [0.4, 0.5) is 20.6 Å². The fraction of sp³-hybridized carbons (Fsp3) is 0.231. The van der Waals surface area contributed by atoms with Gasteiger partial charge in [-0.15, -0.1) is 11.8 Å². The number of thioether (sulfide) groups is 1. The number of nitrogens with one attached hydrogen (secondary N) is 1. The molecule has 3 amide bonds. The molecule has 0 bridgehead atoms. The number of benzene rings is 3. The zero-order valence-electron chi connectivity index (χ0n) is 18.9. The lowest BCUT2D eigenvalue weighted by molar-refractivity contribution is -0.123. The first-order chi connectivity index (χ1) is 16.4. The van der Waals surface area contributed by atoms with E-state index in [1.54, 1.807) is 35.1 Å². The second-order valence-electron chi connectivity index (χ2n) is 8.34. The Morgan fingerprint density at radius 1 is 1.12 bits per heavy atom. The molecule has 1 fully saturated rings. The number of amides is 3. The lowest BCUT2D eigenvalue weighted by Crippen LogP contribution is -2.51. The van der Waals surface area contributed by atoms with Crippen LogP contribution < -0.4 is 15.0 Å². The smallest absolute Gasteiger partial charge is 0.323 e. The average molecular weight is 478 g/mol. The van der Waals surface area contributed by atoms with Crippen molar-refractivity contribution in [3.8, 4) is 5.75 Å². The lowest BCUT2D eigenvalue weighted by Gasteiger charge is -2.33. The highest BCUT2D eigenvalue weighted by Gasteiger charge is 2.59. The van der Waals surface area contributed by atoms with E-state index in [-0.39, 0.29) is 24.3 Å². The maximum atomic E-state index is 14.0. The Morgan fingerprint density at radius 2 is 1.85 bits per heavy atom. The van der Waals surface area contributed by atoms with Crippen molar-refractivity contribution in [2.45, 2.75) is 18.3 Å². The van der Waals surface area contributed by atoms with Gasteiger partial charge in [-0.25, -0.2) is 9.18 Å². The Hall–Kier alpha value is -3.52. The molecule has 0 aromatic heterocycles. The van der Waals surface area contributed by atoms with Gasteiger partial charge < -0.3 is 15.0 Å². The standard InChI is InChI=1S/C26H24FN3O3S/c1-17-3-9-20(10-4-17)28-25(32)30-13-14-34-26(30)22-15-21(33-2)11-12-23(22)29(24(26)31)16-18-5-7-19(27)8-6-18/h3-12,15H,13-14,16H2,1-2H3,(H,28,32). The number of carbonyl (C=O) groups excluding carboxylic acids is 2. The van der Waals surface area contributed by atoms with E-state index in [0.717, 1.165) is 22.4 Å². The summed E-state index contributed by atoms with van der Waals surface area (Å²) in [4.78, 5) is 29.6. The molecule has 1 saturated heterocycles. The molecule has 174 valence electrons. The third kappa shape index (κ3) is 3.68. The summed E-state index contributed by atoms with van der Waals surface area (Å²) in [5.74, 6) is 0.708. The molecular formula is C26H24FN3O3S. The van der Waals surface area contributed by atoms with E-state index in [1.165, 1.54) is 23.9 Å². The summed E-state index contributed by atoms with van der Waals surface area (Å²) in [7, 11) is 1.57. The molecule has 0 saturated carbocycles. The third-order valence-corrected chi connectivity index (χ3v) is 7.62. The number of fused-ring (bicyclic) bond motifs is 2. The number of methoxy groups -OCH3 is 1. The van der Waals surface area contributed by atoms with E-state index in [0.29, 0.717) is 23.7 Å². The monoisotopic (exact) mass is 477 g/mol. The van der Waals surface area contributed by atoms with Crippen molar-refractivity contribution in [1.82, 2.24) is 4.90 Å². The van der Waals surface area contributed by atoms with Gasteiger partial charge in [-0.1, -0.05) is 29.8 Å². The molecule has 1 atom stereocenters. The Labute approximate surface area is 201 Å². The molecule has 3 aromatic carbocycles. The van der Waals surface area contributed by atoms with Crippen LogP contribution in [-0.4, -0.2) is 36.2 Å². The predicted octanol–water partition coefficient (Wildman–Crippen LogP) is 5.12. The SMILES string of the molecule is COc1ccc2c(c1)C1(SCCN1C(=O)Nc1ccc(C)cc1)C(=O)N2Cc1ccc(F)cc1. The fourth-order valence-corrected chi connectivity index (χ4v) is 5.93. The van der Waals surface area contributed by atoms with Gasteiger partial charge in [-0.2, -0.15) is 0 Å². The van der Waals surface area contributed by atoms with Crippen molar-refractivity contribution < 1.29 is 18.7 Å². The maximum absolute atomic E-state index is 14.0. The first-order valence-electron chi connectivity index (χ1n) is 11.0. The molecule has 1 N–H and O–H groups in total. The molecule has 1 unspecified atom stereocenters. The molecule has 0 radical (unpaired) electrons.